The van der Waals surface area contributed by atoms with Gasteiger partial charge in [-0.2, -0.15) is 0 Å². The third-order valence-electron chi connectivity index (χ3n) is 4.98. The van der Waals surface area contributed by atoms with Gasteiger partial charge in [0.2, 0.25) is 5.91 Å². The van der Waals surface area contributed by atoms with Gasteiger partial charge in [0, 0.05) is 48.3 Å². The van der Waals surface area contributed by atoms with E-state index in [0.717, 1.165) is 47.9 Å². The smallest absolute Gasteiger partial charge is 0.225 e. The first-order valence-corrected chi connectivity index (χ1v) is 9.66. The minimum absolute atomic E-state index is 0.0768. The van der Waals surface area contributed by atoms with E-state index in [9.17, 15) is 9.59 Å². The lowest BCUT2D eigenvalue weighted by molar-refractivity contribution is -0.135. The Hall–Kier alpha value is -2.14. The van der Waals surface area contributed by atoms with Crippen molar-refractivity contribution >= 4 is 33.8 Å². The van der Waals surface area contributed by atoms with Gasteiger partial charge in [-0.25, -0.2) is 0 Å². The number of benzene rings is 2. The maximum atomic E-state index is 12.8. The zero-order valence-corrected chi connectivity index (χ0v) is 16.5. The standard InChI is InChI=1S/C21H23BrN2O2/c1-23(14-18-4-2-3-5-20(18)22)21(26)17-10-12-24(13-11-17)19-8-6-16(15-25)7-9-19/h2-9,15,17H,10-14H2,1H3. The highest BCUT2D eigenvalue weighted by Gasteiger charge is 2.27. The Morgan fingerprint density at radius 2 is 1.81 bits per heavy atom. The predicted octanol–water partition coefficient (Wildman–Crippen LogP) is 4.14. The Labute approximate surface area is 162 Å². The molecule has 2 aromatic rings. The van der Waals surface area contributed by atoms with Crippen molar-refractivity contribution in [2.45, 2.75) is 19.4 Å². The lowest BCUT2D eigenvalue weighted by atomic mass is 9.94. The number of nitrogens with zero attached hydrogens (tertiary/aromatic N) is 2. The van der Waals surface area contributed by atoms with Gasteiger partial charge < -0.3 is 9.80 Å². The number of halogens is 1. The van der Waals surface area contributed by atoms with E-state index < -0.39 is 0 Å². The molecule has 1 fully saturated rings. The van der Waals surface area contributed by atoms with Crippen LogP contribution in [-0.2, 0) is 11.3 Å². The lowest BCUT2D eigenvalue weighted by Gasteiger charge is -2.34. The minimum atomic E-state index is 0.0768. The molecule has 0 spiro atoms. The lowest BCUT2D eigenvalue weighted by Crippen LogP contribution is -2.41. The number of carbonyl (C=O) groups is 2. The molecule has 1 aliphatic heterocycles. The van der Waals surface area contributed by atoms with Crippen LogP contribution in [0.1, 0.15) is 28.8 Å². The molecule has 0 saturated carbocycles. The Morgan fingerprint density at radius 1 is 1.15 bits per heavy atom. The number of rotatable bonds is 5. The van der Waals surface area contributed by atoms with E-state index in [0.29, 0.717) is 12.1 Å². The van der Waals surface area contributed by atoms with Crippen molar-refractivity contribution in [1.82, 2.24) is 4.90 Å². The summed E-state index contributed by atoms with van der Waals surface area (Å²) in [7, 11) is 1.88. The first kappa shape index (κ1) is 18.6. The molecule has 0 aliphatic carbocycles. The predicted molar refractivity (Wildman–Crippen MR) is 107 cm³/mol. The fourth-order valence-electron chi connectivity index (χ4n) is 3.42. The van der Waals surface area contributed by atoms with E-state index in [-0.39, 0.29) is 11.8 Å². The highest BCUT2D eigenvalue weighted by Crippen LogP contribution is 2.25. The highest BCUT2D eigenvalue weighted by molar-refractivity contribution is 9.10. The van der Waals surface area contributed by atoms with E-state index >= 15 is 0 Å². The average molecular weight is 415 g/mol. The molecular weight excluding hydrogens is 392 g/mol. The van der Waals surface area contributed by atoms with Crippen molar-refractivity contribution in [3.8, 4) is 0 Å². The molecule has 5 heteroatoms. The van der Waals surface area contributed by atoms with E-state index in [1.165, 1.54) is 0 Å². The van der Waals surface area contributed by atoms with Gasteiger partial charge >= 0.3 is 0 Å². The van der Waals surface area contributed by atoms with Gasteiger partial charge in [0.15, 0.2) is 0 Å². The van der Waals surface area contributed by atoms with Crippen LogP contribution >= 0.6 is 15.9 Å². The zero-order chi connectivity index (χ0) is 18.5. The van der Waals surface area contributed by atoms with Crippen LogP contribution in [-0.4, -0.2) is 37.2 Å². The van der Waals surface area contributed by atoms with Gasteiger partial charge in [0.05, 0.1) is 0 Å². The number of hydrogen-bond acceptors (Lipinski definition) is 3. The molecule has 0 unspecified atom stereocenters. The summed E-state index contributed by atoms with van der Waals surface area (Å²) in [6.07, 6.45) is 2.57. The van der Waals surface area contributed by atoms with Crippen LogP contribution in [0.15, 0.2) is 53.0 Å². The highest BCUT2D eigenvalue weighted by atomic mass is 79.9. The molecule has 136 valence electrons. The van der Waals surface area contributed by atoms with Gasteiger partial charge in [-0.15, -0.1) is 0 Å². The molecule has 0 bridgehead atoms. The molecule has 1 saturated heterocycles. The van der Waals surface area contributed by atoms with Crippen molar-refractivity contribution in [3.63, 3.8) is 0 Å². The number of aldehydes is 1. The maximum Gasteiger partial charge on any atom is 0.225 e. The second-order valence-corrected chi connectivity index (χ2v) is 7.61. The Balaban J connectivity index is 1.55. The molecule has 0 aromatic heterocycles. The van der Waals surface area contributed by atoms with Gasteiger partial charge in [-0.05, 0) is 48.7 Å². The summed E-state index contributed by atoms with van der Waals surface area (Å²) >= 11 is 3.55. The first-order chi connectivity index (χ1) is 12.6. The Kier molecular flexibility index (Phi) is 6.09. The second kappa shape index (κ2) is 8.49. The van der Waals surface area contributed by atoms with Gasteiger partial charge in [-0.3, -0.25) is 9.59 Å². The zero-order valence-electron chi connectivity index (χ0n) is 14.9. The number of anilines is 1. The van der Waals surface area contributed by atoms with Gasteiger partial charge in [-0.1, -0.05) is 34.1 Å². The monoisotopic (exact) mass is 414 g/mol. The molecule has 2 aromatic carbocycles. The van der Waals surface area contributed by atoms with Crippen LogP contribution in [0.5, 0.6) is 0 Å². The quantitative estimate of drug-likeness (QED) is 0.690. The van der Waals surface area contributed by atoms with Crippen molar-refractivity contribution in [1.29, 1.82) is 0 Å². The average Bonchev–Trinajstić information content (AvgIpc) is 2.69. The van der Waals surface area contributed by atoms with Crippen LogP contribution in [0, 0.1) is 5.92 Å². The Morgan fingerprint density at radius 3 is 2.42 bits per heavy atom. The van der Waals surface area contributed by atoms with Crippen LogP contribution in [0.4, 0.5) is 5.69 Å². The van der Waals surface area contributed by atoms with Gasteiger partial charge in [0.1, 0.15) is 6.29 Å². The fraction of sp³-hybridized carbons (Fsp3) is 0.333. The molecule has 1 aliphatic rings. The summed E-state index contributed by atoms with van der Waals surface area (Å²) < 4.78 is 1.04. The summed E-state index contributed by atoms with van der Waals surface area (Å²) in [5.74, 6) is 0.296. The van der Waals surface area contributed by atoms with Crippen molar-refractivity contribution in [2.24, 2.45) is 5.92 Å². The van der Waals surface area contributed by atoms with E-state index in [1.807, 2.05) is 60.5 Å². The van der Waals surface area contributed by atoms with Crippen molar-refractivity contribution in [2.75, 3.05) is 25.0 Å². The van der Waals surface area contributed by atoms with Crippen LogP contribution in [0.3, 0.4) is 0 Å². The molecule has 0 radical (unpaired) electrons. The normalized spacial score (nSPS) is 14.9. The van der Waals surface area contributed by atoms with Crippen molar-refractivity contribution < 1.29 is 9.59 Å². The maximum absolute atomic E-state index is 12.8. The summed E-state index contributed by atoms with van der Waals surface area (Å²) in [5, 5.41) is 0. The third kappa shape index (κ3) is 4.33. The molecule has 3 rings (SSSR count). The topological polar surface area (TPSA) is 40.6 Å². The Bertz CT molecular complexity index is 768. The molecule has 1 heterocycles. The molecular formula is C21H23BrN2O2. The largest absolute Gasteiger partial charge is 0.371 e. The summed E-state index contributed by atoms with van der Waals surface area (Å²) in [6, 6.07) is 15.6. The third-order valence-corrected chi connectivity index (χ3v) is 5.75. The second-order valence-electron chi connectivity index (χ2n) is 6.76. The fourth-order valence-corrected chi connectivity index (χ4v) is 3.83. The number of amides is 1. The van der Waals surface area contributed by atoms with Crippen molar-refractivity contribution in [3.05, 3.63) is 64.1 Å². The summed E-state index contributed by atoms with van der Waals surface area (Å²) in [5.41, 5.74) is 2.92. The summed E-state index contributed by atoms with van der Waals surface area (Å²) in [4.78, 5) is 27.7. The van der Waals surface area contributed by atoms with E-state index in [1.54, 1.807) is 0 Å². The van der Waals surface area contributed by atoms with Crippen LogP contribution < -0.4 is 4.90 Å². The van der Waals surface area contributed by atoms with Crippen LogP contribution in [0.25, 0.3) is 0 Å². The minimum Gasteiger partial charge on any atom is -0.371 e. The number of hydrogen-bond donors (Lipinski definition) is 0. The molecule has 0 N–H and O–H groups in total. The van der Waals surface area contributed by atoms with Gasteiger partial charge in [0.25, 0.3) is 0 Å². The SMILES string of the molecule is CN(Cc1ccccc1Br)C(=O)C1CCN(c2ccc(C=O)cc2)CC1. The number of carbonyl (C=O) groups excluding carboxylic acids is 2. The van der Waals surface area contributed by atoms with E-state index in [2.05, 4.69) is 20.8 Å². The number of piperidine rings is 1. The first-order valence-electron chi connectivity index (χ1n) is 8.87. The molecule has 4 nitrogen and oxygen atoms in total. The molecule has 0 atom stereocenters. The summed E-state index contributed by atoms with van der Waals surface area (Å²) in [6.45, 7) is 2.34. The molecule has 26 heavy (non-hydrogen) atoms. The van der Waals surface area contributed by atoms with E-state index in [4.69, 9.17) is 0 Å². The van der Waals surface area contributed by atoms with Crippen LogP contribution in [0.2, 0.25) is 0 Å². The molecule has 1 amide bonds.